The fourth-order valence-electron chi connectivity index (χ4n) is 0.993. The van der Waals surface area contributed by atoms with Crippen LogP contribution in [0.15, 0.2) is 12.1 Å². The minimum atomic E-state index is -0.577. The second-order valence-corrected chi connectivity index (χ2v) is 3.32. The van der Waals surface area contributed by atoms with Crippen LogP contribution in [-0.4, -0.2) is 22.4 Å². The van der Waals surface area contributed by atoms with Gasteiger partial charge in [-0.3, -0.25) is 14.9 Å². The Bertz CT molecular complexity index is 424. The van der Waals surface area contributed by atoms with E-state index in [-0.39, 0.29) is 29.6 Å². The van der Waals surface area contributed by atoms with Crippen LogP contribution in [0.1, 0.15) is 6.42 Å². The molecule has 1 amide bonds. The highest BCUT2D eigenvalue weighted by atomic mass is 35.5. The summed E-state index contributed by atoms with van der Waals surface area (Å²) >= 11 is 5.59. The van der Waals surface area contributed by atoms with Gasteiger partial charge >= 0.3 is 0 Å². The standard InChI is InChI=1S/C8H9ClN4O3/c9-6-3-5(13(15)16)4-8(12-6)11-2-1-7(10)14/h3-4H,1-2H2,(H2,10,14)(H,11,12). The molecule has 7 nitrogen and oxygen atoms in total. The second kappa shape index (κ2) is 5.26. The molecule has 8 heteroatoms. The lowest BCUT2D eigenvalue weighted by Gasteiger charge is -2.03. The average Bonchev–Trinajstić information content (AvgIpc) is 2.16. The van der Waals surface area contributed by atoms with Crippen molar-refractivity contribution in [3.63, 3.8) is 0 Å². The maximum absolute atomic E-state index is 10.5. The molecule has 0 spiro atoms. The van der Waals surface area contributed by atoms with Crippen LogP contribution >= 0.6 is 11.6 Å². The van der Waals surface area contributed by atoms with Gasteiger partial charge in [0.05, 0.1) is 17.1 Å². The molecule has 0 aromatic carbocycles. The van der Waals surface area contributed by atoms with Crippen LogP contribution < -0.4 is 11.1 Å². The molecule has 1 rings (SSSR count). The van der Waals surface area contributed by atoms with Crippen LogP contribution in [0.4, 0.5) is 11.5 Å². The van der Waals surface area contributed by atoms with Crippen molar-refractivity contribution in [2.45, 2.75) is 6.42 Å². The van der Waals surface area contributed by atoms with E-state index >= 15 is 0 Å². The maximum atomic E-state index is 10.5. The van der Waals surface area contributed by atoms with Gasteiger partial charge in [0, 0.05) is 13.0 Å². The number of pyridine rings is 1. The summed E-state index contributed by atoms with van der Waals surface area (Å²) in [5.41, 5.74) is 4.77. The number of hydrogen-bond donors (Lipinski definition) is 2. The topological polar surface area (TPSA) is 111 Å². The first-order valence-electron chi connectivity index (χ1n) is 4.33. The summed E-state index contributed by atoms with van der Waals surface area (Å²) < 4.78 is 0. The first kappa shape index (κ1) is 12.2. The van der Waals surface area contributed by atoms with E-state index in [9.17, 15) is 14.9 Å². The first-order valence-corrected chi connectivity index (χ1v) is 4.71. The predicted molar refractivity (Wildman–Crippen MR) is 58.2 cm³/mol. The van der Waals surface area contributed by atoms with Crippen LogP contribution in [0, 0.1) is 10.1 Å². The molecular formula is C8H9ClN4O3. The van der Waals surface area contributed by atoms with Crippen molar-refractivity contribution < 1.29 is 9.72 Å². The number of hydrogen-bond acceptors (Lipinski definition) is 5. The number of aromatic nitrogens is 1. The molecule has 0 unspecified atom stereocenters. The molecule has 16 heavy (non-hydrogen) atoms. The van der Waals surface area contributed by atoms with Gasteiger partial charge in [0.25, 0.3) is 5.69 Å². The Morgan fingerprint density at radius 2 is 2.31 bits per heavy atom. The Morgan fingerprint density at radius 3 is 2.88 bits per heavy atom. The molecule has 0 fully saturated rings. The number of amides is 1. The summed E-state index contributed by atoms with van der Waals surface area (Å²) in [6.45, 7) is 0.250. The van der Waals surface area contributed by atoms with E-state index in [4.69, 9.17) is 17.3 Å². The molecule has 0 aliphatic heterocycles. The minimum absolute atomic E-state index is 0.00998. The zero-order valence-corrected chi connectivity index (χ0v) is 8.90. The molecule has 1 heterocycles. The Hall–Kier alpha value is -1.89. The number of nitrogens with one attached hydrogen (secondary N) is 1. The number of halogens is 1. The number of rotatable bonds is 5. The summed E-state index contributed by atoms with van der Waals surface area (Å²) in [4.78, 5) is 24.2. The second-order valence-electron chi connectivity index (χ2n) is 2.93. The van der Waals surface area contributed by atoms with Crippen molar-refractivity contribution in [2.24, 2.45) is 5.73 Å². The number of nitrogens with zero attached hydrogens (tertiary/aromatic N) is 2. The third-order valence-corrected chi connectivity index (χ3v) is 1.86. The number of anilines is 1. The molecule has 1 aromatic heterocycles. The summed E-state index contributed by atoms with van der Waals surface area (Å²) in [5, 5.41) is 13.2. The molecule has 0 atom stereocenters. The largest absolute Gasteiger partial charge is 0.370 e. The lowest BCUT2D eigenvalue weighted by atomic mass is 10.3. The molecular weight excluding hydrogens is 236 g/mol. The van der Waals surface area contributed by atoms with Gasteiger partial charge < -0.3 is 11.1 Å². The molecule has 1 aromatic rings. The van der Waals surface area contributed by atoms with Crippen molar-refractivity contribution in [3.05, 3.63) is 27.4 Å². The van der Waals surface area contributed by atoms with E-state index in [2.05, 4.69) is 10.3 Å². The monoisotopic (exact) mass is 244 g/mol. The van der Waals surface area contributed by atoms with Crippen molar-refractivity contribution in [2.75, 3.05) is 11.9 Å². The zero-order valence-electron chi connectivity index (χ0n) is 8.14. The van der Waals surface area contributed by atoms with Crippen LogP contribution in [-0.2, 0) is 4.79 Å². The number of nitro groups is 1. The average molecular weight is 245 g/mol. The fourth-order valence-corrected chi connectivity index (χ4v) is 1.20. The van der Waals surface area contributed by atoms with Crippen LogP contribution in [0.3, 0.4) is 0 Å². The highest BCUT2D eigenvalue weighted by molar-refractivity contribution is 6.29. The summed E-state index contributed by atoms with van der Waals surface area (Å²) in [5.74, 6) is -0.232. The van der Waals surface area contributed by atoms with Crippen LogP contribution in [0.5, 0.6) is 0 Å². The van der Waals surface area contributed by atoms with Crippen molar-refractivity contribution in [1.29, 1.82) is 0 Å². The highest BCUT2D eigenvalue weighted by Crippen LogP contribution is 2.20. The summed E-state index contributed by atoms with van der Waals surface area (Å²) in [6.07, 6.45) is 0.113. The van der Waals surface area contributed by atoms with Crippen molar-refractivity contribution >= 4 is 29.0 Å². The van der Waals surface area contributed by atoms with Gasteiger partial charge in [-0.05, 0) is 0 Å². The maximum Gasteiger partial charge on any atom is 0.276 e. The molecule has 0 saturated heterocycles. The first-order chi connectivity index (χ1) is 7.49. The van der Waals surface area contributed by atoms with E-state index in [0.29, 0.717) is 0 Å². The molecule has 0 saturated carbocycles. The molecule has 0 aliphatic carbocycles. The Kier molecular flexibility index (Phi) is 4.01. The van der Waals surface area contributed by atoms with Gasteiger partial charge in [0.2, 0.25) is 5.91 Å². The molecule has 0 bridgehead atoms. The van der Waals surface area contributed by atoms with Crippen molar-refractivity contribution in [1.82, 2.24) is 4.98 Å². The SMILES string of the molecule is NC(=O)CCNc1cc([N+](=O)[O-])cc(Cl)n1. The highest BCUT2D eigenvalue weighted by Gasteiger charge is 2.09. The summed E-state index contributed by atoms with van der Waals surface area (Å²) in [7, 11) is 0. The molecule has 0 aliphatic rings. The van der Waals surface area contributed by atoms with Gasteiger partial charge in [-0.1, -0.05) is 11.6 Å². The Morgan fingerprint density at radius 1 is 1.62 bits per heavy atom. The number of primary amides is 1. The predicted octanol–water partition coefficient (Wildman–Crippen LogP) is 0.930. The van der Waals surface area contributed by atoms with Gasteiger partial charge in [0.1, 0.15) is 11.0 Å². The third kappa shape index (κ3) is 3.70. The number of nitrogens with two attached hydrogens (primary N) is 1. The van der Waals surface area contributed by atoms with E-state index < -0.39 is 10.8 Å². The molecule has 3 N–H and O–H groups in total. The lowest BCUT2D eigenvalue weighted by molar-refractivity contribution is -0.384. The van der Waals surface area contributed by atoms with E-state index in [1.807, 2.05) is 0 Å². The quantitative estimate of drug-likeness (QED) is 0.455. The van der Waals surface area contributed by atoms with Gasteiger partial charge in [0.15, 0.2) is 0 Å². The zero-order chi connectivity index (χ0) is 12.1. The van der Waals surface area contributed by atoms with Gasteiger partial charge in [-0.25, -0.2) is 4.98 Å². The van der Waals surface area contributed by atoms with Crippen LogP contribution in [0.2, 0.25) is 5.15 Å². The van der Waals surface area contributed by atoms with Crippen LogP contribution in [0.25, 0.3) is 0 Å². The molecule has 0 radical (unpaired) electrons. The minimum Gasteiger partial charge on any atom is -0.370 e. The number of carbonyl (C=O) groups is 1. The Balaban J connectivity index is 2.72. The third-order valence-electron chi connectivity index (χ3n) is 1.67. The normalized spacial score (nSPS) is 9.81. The van der Waals surface area contributed by atoms with Gasteiger partial charge in [-0.15, -0.1) is 0 Å². The van der Waals surface area contributed by atoms with Crippen molar-refractivity contribution in [3.8, 4) is 0 Å². The van der Waals surface area contributed by atoms with E-state index in [1.54, 1.807) is 0 Å². The van der Waals surface area contributed by atoms with E-state index in [0.717, 1.165) is 6.07 Å². The fraction of sp³-hybridized carbons (Fsp3) is 0.250. The molecule has 86 valence electrons. The lowest BCUT2D eigenvalue weighted by Crippen LogP contribution is -2.16. The summed E-state index contributed by atoms with van der Waals surface area (Å²) in [6, 6.07) is 2.37. The van der Waals surface area contributed by atoms with E-state index in [1.165, 1.54) is 6.07 Å². The van der Waals surface area contributed by atoms with Gasteiger partial charge in [-0.2, -0.15) is 0 Å². The Labute approximate surface area is 95.8 Å². The number of carbonyl (C=O) groups excluding carboxylic acids is 1. The smallest absolute Gasteiger partial charge is 0.276 e.